The molecule has 0 aliphatic carbocycles. The van der Waals surface area contributed by atoms with Crippen molar-refractivity contribution in [2.45, 2.75) is 18.3 Å². The number of ether oxygens (including phenoxy) is 1. The van der Waals surface area contributed by atoms with E-state index in [0.717, 1.165) is 16.8 Å². The van der Waals surface area contributed by atoms with E-state index in [9.17, 15) is 4.79 Å². The van der Waals surface area contributed by atoms with E-state index in [1.807, 2.05) is 47.3 Å². The van der Waals surface area contributed by atoms with E-state index in [1.165, 1.54) is 18.7 Å². The predicted molar refractivity (Wildman–Crippen MR) is 97.9 cm³/mol. The van der Waals surface area contributed by atoms with Gasteiger partial charge in [-0.15, -0.1) is 10.2 Å². The number of hydrogen-bond donors (Lipinski definition) is 0. The first-order valence-electron chi connectivity index (χ1n) is 7.55. The fraction of sp³-hybridized carbons (Fsp3) is 0.176. The molecule has 1 atom stereocenters. The summed E-state index contributed by atoms with van der Waals surface area (Å²) in [6.45, 7) is 1.53. The van der Waals surface area contributed by atoms with E-state index >= 15 is 0 Å². The van der Waals surface area contributed by atoms with Gasteiger partial charge >= 0.3 is 0 Å². The quantitative estimate of drug-likeness (QED) is 0.640. The summed E-state index contributed by atoms with van der Waals surface area (Å²) in [5, 5.41) is 12.9. The van der Waals surface area contributed by atoms with Crippen molar-refractivity contribution in [1.82, 2.24) is 15.2 Å². The van der Waals surface area contributed by atoms with Crippen LogP contribution in [-0.4, -0.2) is 27.3 Å². The molecule has 0 radical (unpaired) electrons. The van der Waals surface area contributed by atoms with Gasteiger partial charge in [0, 0.05) is 18.1 Å². The number of nitrogens with zero attached hydrogens (tertiary/aromatic N) is 4. The molecule has 6 nitrogen and oxygen atoms in total. The molecule has 1 aliphatic heterocycles. The largest absolute Gasteiger partial charge is 0.447 e. The van der Waals surface area contributed by atoms with Crippen LogP contribution in [0.25, 0.3) is 11.3 Å². The van der Waals surface area contributed by atoms with Crippen LogP contribution >= 0.6 is 23.1 Å². The summed E-state index contributed by atoms with van der Waals surface area (Å²) in [6, 6.07) is 9.53. The molecule has 0 spiro atoms. The maximum Gasteiger partial charge on any atom is 0.247 e. The first kappa shape index (κ1) is 16.0. The van der Waals surface area contributed by atoms with Crippen LogP contribution in [0.3, 0.4) is 0 Å². The third-order valence-electron chi connectivity index (χ3n) is 3.86. The van der Waals surface area contributed by atoms with Crippen molar-refractivity contribution in [3.05, 3.63) is 46.7 Å². The fourth-order valence-corrected chi connectivity index (χ4v) is 3.73. The molecule has 1 amide bonds. The zero-order valence-electron chi connectivity index (χ0n) is 13.5. The first-order chi connectivity index (χ1) is 12.2. The molecule has 8 heteroatoms. The van der Waals surface area contributed by atoms with Gasteiger partial charge in [0.25, 0.3) is 0 Å². The summed E-state index contributed by atoms with van der Waals surface area (Å²) in [4.78, 5) is 18.6. The second-order valence-electron chi connectivity index (χ2n) is 5.39. The summed E-state index contributed by atoms with van der Waals surface area (Å²) in [5.74, 6) is 0.265. The van der Waals surface area contributed by atoms with Gasteiger partial charge in [-0.3, -0.25) is 9.69 Å². The molecule has 2 aromatic heterocycles. The van der Waals surface area contributed by atoms with Gasteiger partial charge in [-0.1, -0.05) is 30.0 Å². The average Bonchev–Trinajstić information content (AvgIpc) is 3.11. The molecule has 0 N–H and O–H groups in total. The Labute approximate surface area is 152 Å². The van der Waals surface area contributed by atoms with Crippen molar-refractivity contribution in [2.75, 3.05) is 11.2 Å². The highest BCUT2D eigenvalue weighted by molar-refractivity contribution is 7.98. The lowest BCUT2D eigenvalue weighted by Gasteiger charge is -2.29. The molecule has 3 aromatic rings. The molecule has 126 valence electrons. The zero-order valence-corrected chi connectivity index (χ0v) is 15.2. The monoisotopic (exact) mass is 370 g/mol. The molecular weight excluding hydrogens is 356 g/mol. The lowest BCUT2D eigenvalue weighted by atomic mass is 10.1. The summed E-state index contributed by atoms with van der Waals surface area (Å²) < 4.78 is 6.19. The fourth-order valence-electron chi connectivity index (χ4n) is 2.77. The van der Waals surface area contributed by atoms with Crippen molar-refractivity contribution in [1.29, 1.82) is 0 Å². The number of benzene rings is 1. The first-order valence-corrected chi connectivity index (χ1v) is 9.72. The van der Waals surface area contributed by atoms with Gasteiger partial charge in [-0.05, 0) is 29.1 Å². The van der Waals surface area contributed by atoms with E-state index in [-0.39, 0.29) is 5.91 Å². The van der Waals surface area contributed by atoms with Crippen molar-refractivity contribution >= 4 is 34.7 Å². The number of aromatic nitrogens is 3. The van der Waals surface area contributed by atoms with E-state index in [1.54, 1.807) is 16.2 Å². The van der Waals surface area contributed by atoms with Gasteiger partial charge in [0.05, 0.1) is 5.69 Å². The number of rotatable bonds is 2. The predicted octanol–water partition coefficient (Wildman–Crippen LogP) is 3.77. The minimum absolute atomic E-state index is 0.116. The molecule has 0 saturated carbocycles. The van der Waals surface area contributed by atoms with Gasteiger partial charge in [-0.25, -0.2) is 0 Å². The van der Waals surface area contributed by atoms with Gasteiger partial charge in [0.1, 0.15) is 0 Å². The Kier molecular flexibility index (Phi) is 4.14. The van der Waals surface area contributed by atoms with Crippen molar-refractivity contribution in [3.8, 4) is 17.1 Å². The van der Waals surface area contributed by atoms with Gasteiger partial charge in [-0.2, -0.15) is 16.3 Å². The van der Waals surface area contributed by atoms with Crippen molar-refractivity contribution in [2.24, 2.45) is 0 Å². The van der Waals surface area contributed by atoms with E-state index < -0.39 is 6.23 Å². The van der Waals surface area contributed by atoms with Crippen LogP contribution in [0, 0.1) is 0 Å². The molecular formula is C17H14N4O2S2. The van der Waals surface area contributed by atoms with Crippen molar-refractivity contribution in [3.63, 3.8) is 0 Å². The third kappa shape index (κ3) is 2.77. The Hall–Kier alpha value is -2.45. The molecule has 3 heterocycles. The number of hydrogen-bond acceptors (Lipinski definition) is 7. The number of carbonyl (C=O) groups is 1. The SMILES string of the molecule is CSc1nnc2c(n1)O[C@H](c1ccsc1)N(C(C)=O)c1ccccc1-2. The lowest BCUT2D eigenvalue weighted by molar-refractivity contribution is -0.118. The topological polar surface area (TPSA) is 68.2 Å². The molecule has 0 saturated heterocycles. The van der Waals surface area contributed by atoms with Crippen LogP contribution in [0.15, 0.2) is 46.2 Å². The maximum absolute atomic E-state index is 12.5. The van der Waals surface area contributed by atoms with Gasteiger partial charge < -0.3 is 4.74 Å². The highest BCUT2D eigenvalue weighted by Crippen LogP contribution is 2.43. The van der Waals surface area contributed by atoms with Crippen LogP contribution in [-0.2, 0) is 4.79 Å². The minimum Gasteiger partial charge on any atom is -0.447 e. The molecule has 0 bridgehead atoms. The summed E-state index contributed by atoms with van der Waals surface area (Å²) in [7, 11) is 0. The van der Waals surface area contributed by atoms with Crippen LogP contribution in [0.4, 0.5) is 5.69 Å². The molecule has 0 fully saturated rings. The molecule has 25 heavy (non-hydrogen) atoms. The molecule has 1 aromatic carbocycles. The third-order valence-corrected chi connectivity index (χ3v) is 5.10. The number of thioether (sulfide) groups is 1. The summed E-state index contributed by atoms with van der Waals surface area (Å²) >= 11 is 2.95. The number of para-hydroxylation sites is 1. The van der Waals surface area contributed by atoms with Crippen molar-refractivity contribution < 1.29 is 9.53 Å². The van der Waals surface area contributed by atoms with Crippen LogP contribution in [0.2, 0.25) is 0 Å². The van der Waals surface area contributed by atoms with Crippen LogP contribution in [0.5, 0.6) is 5.88 Å². The molecule has 4 rings (SSSR count). The normalized spacial score (nSPS) is 15.8. The van der Waals surface area contributed by atoms with E-state index in [4.69, 9.17) is 4.74 Å². The molecule has 1 aliphatic rings. The van der Waals surface area contributed by atoms with E-state index in [2.05, 4.69) is 15.2 Å². The second-order valence-corrected chi connectivity index (χ2v) is 6.94. The number of amides is 1. The summed E-state index contributed by atoms with van der Waals surface area (Å²) in [6.07, 6.45) is 1.28. The Morgan fingerprint density at radius 3 is 2.84 bits per heavy atom. The van der Waals surface area contributed by atoms with Gasteiger partial charge in [0.15, 0.2) is 5.69 Å². The average molecular weight is 370 g/mol. The zero-order chi connectivity index (χ0) is 17.4. The summed E-state index contributed by atoms with van der Waals surface area (Å²) in [5.41, 5.74) is 2.94. The minimum atomic E-state index is -0.599. The maximum atomic E-state index is 12.5. The Bertz CT molecular complexity index is 930. The van der Waals surface area contributed by atoms with Gasteiger partial charge in [0.2, 0.25) is 23.2 Å². The Balaban J connectivity index is 1.98. The van der Waals surface area contributed by atoms with Crippen LogP contribution < -0.4 is 9.64 Å². The number of carbonyl (C=O) groups excluding carboxylic acids is 1. The number of thiophene rings is 1. The number of anilines is 1. The Morgan fingerprint density at radius 1 is 1.28 bits per heavy atom. The lowest BCUT2D eigenvalue weighted by Crippen LogP contribution is -2.35. The highest BCUT2D eigenvalue weighted by atomic mass is 32.2. The van der Waals surface area contributed by atoms with Crippen LogP contribution in [0.1, 0.15) is 18.7 Å². The second kappa shape index (κ2) is 6.45. The highest BCUT2D eigenvalue weighted by Gasteiger charge is 2.34. The number of fused-ring (bicyclic) bond motifs is 3. The van der Waals surface area contributed by atoms with E-state index in [0.29, 0.717) is 16.7 Å². The smallest absolute Gasteiger partial charge is 0.247 e. The standard InChI is InChI=1S/C17H14N4O2S2/c1-10(22)21-13-6-4-3-5-12(13)14-15(18-17(24-2)20-19-14)23-16(21)11-7-8-25-9-11/h3-9,16H,1-2H3/t16-/m1/s1. The molecule has 0 unspecified atom stereocenters. The Morgan fingerprint density at radius 2 is 2.12 bits per heavy atom.